The average molecular weight is 453 g/mol. The summed E-state index contributed by atoms with van der Waals surface area (Å²) in [5.41, 5.74) is 4.54. The maximum atomic E-state index is 12.8. The molecule has 0 saturated carbocycles. The first-order chi connectivity index (χ1) is 14.9. The van der Waals surface area contributed by atoms with Gasteiger partial charge in [0.25, 0.3) is 11.8 Å². The lowest BCUT2D eigenvalue weighted by Gasteiger charge is -2.13. The van der Waals surface area contributed by atoms with E-state index < -0.39 is 11.8 Å². The van der Waals surface area contributed by atoms with Gasteiger partial charge in [0.2, 0.25) is 0 Å². The zero-order valence-electron chi connectivity index (χ0n) is 17.0. The van der Waals surface area contributed by atoms with Crippen LogP contribution in [0.4, 0.5) is 5.69 Å². The lowest BCUT2D eigenvalue weighted by molar-refractivity contribution is -0.117. The van der Waals surface area contributed by atoms with Crippen LogP contribution >= 0.6 is 22.9 Å². The number of anilines is 1. The standard InChI is InChI=1S/C23H21ClN4O2S/c1-28(2)17-11-9-16(10-12-17)14-21(23(30)27-25-15-18-6-5-13-31-18)26-22(29)19-7-3-4-8-20(19)24/h3-15H,1-2H3,(H,26,29)(H,27,30)/b21-14-,25-15+. The van der Waals surface area contributed by atoms with Crippen molar-refractivity contribution in [1.29, 1.82) is 0 Å². The maximum absolute atomic E-state index is 12.8. The molecule has 0 aliphatic carbocycles. The number of carbonyl (C=O) groups is 2. The number of rotatable bonds is 7. The third-order valence-electron chi connectivity index (χ3n) is 4.23. The zero-order chi connectivity index (χ0) is 22.2. The van der Waals surface area contributed by atoms with Crippen molar-refractivity contribution in [1.82, 2.24) is 10.7 Å². The van der Waals surface area contributed by atoms with E-state index in [0.29, 0.717) is 5.02 Å². The maximum Gasteiger partial charge on any atom is 0.287 e. The van der Waals surface area contributed by atoms with Crippen LogP contribution in [-0.2, 0) is 4.79 Å². The summed E-state index contributed by atoms with van der Waals surface area (Å²) in [6.45, 7) is 0. The van der Waals surface area contributed by atoms with E-state index in [2.05, 4.69) is 15.8 Å². The Morgan fingerprint density at radius 3 is 2.42 bits per heavy atom. The van der Waals surface area contributed by atoms with Gasteiger partial charge in [-0.15, -0.1) is 11.3 Å². The second-order valence-corrected chi connectivity index (χ2v) is 8.08. The highest BCUT2D eigenvalue weighted by atomic mass is 35.5. The minimum absolute atomic E-state index is 0.0471. The Kier molecular flexibility index (Phi) is 7.59. The highest BCUT2D eigenvalue weighted by molar-refractivity contribution is 7.11. The molecule has 0 fully saturated rings. The molecule has 0 spiro atoms. The van der Waals surface area contributed by atoms with Crippen molar-refractivity contribution in [2.24, 2.45) is 5.10 Å². The van der Waals surface area contributed by atoms with Crippen molar-refractivity contribution in [3.63, 3.8) is 0 Å². The summed E-state index contributed by atoms with van der Waals surface area (Å²) >= 11 is 7.62. The number of hydrazone groups is 1. The molecular formula is C23H21ClN4O2S. The van der Waals surface area contributed by atoms with Gasteiger partial charge in [0.1, 0.15) is 5.70 Å². The summed E-state index contributed by atoms with van der Waals surface area (Å²) in [6, 6.07) is 18.0. The lowest BCUT2D eigenvalue weighted by Crippen LogP contribution is -2.33. The van der Waals surface area contributed by atoms with Gasteiger partial charge in [0, 0.05) is 24.7 Å². The second kappa shape index (κ2) is 10.6. The number of amides is 2. The van der Waals surface area contributed by atoms with Crippen molar-refractivity contribution in [3.05, 3.63) is 92.8 Å². The smallest absolute Gasteiger partial charge is 0.287 e. The number of benzene rings is 2. The van der Waals surface area contributed by atoms with Crippen molar-refractivity contribution < 1.29 is 9.59 Å². The first-order valence-electron chi connectivity index (χ1n) is 9.36. The van der Waals surface area contributed by atoms with E-state index in [4.69, 9.17) is 11.6 Å². The van der Waals surface area contributed by atoms with Crippen molar-refractivity contribution >= 4 is 52.7 Å². The normalized spacial score (nSPS) is 11.4. The van der Waals surface area contributed by atoms with Crippen LogP contribution in [0, 0.1) is 0 Å². The van der Waals surface area contributed by atoms with Crippen LogP contribution in [0.25, 0.3) is 6.08 Å². The number of nitrogens with zero attached hydrogens (tertiary/aromatic N) is 2. The number of carbonyl (C=O) groups excluding carboxylic acids is 2. The molecule has 8 heteroatoms. The van der Waals surface area contributed by atoms with Crippen molar-refractivity contribution in [2.75, 3.05) is 19.0 Å². The van der Waals surface area contributed by atoms with Crippen molar-refractivity contribution in [2.45, 2.75) is 0 Å². The molecule has 0 bridgehead atoms. The second-order valence-electron chi connectivity index (χ2n) is 6.69. The quantitative estimate of drug-likeness (QED) is 0.317. The largest absolute Gasteiger partial charge is 0.378 e. The van der Waals surface area contributed by atoms with E-state index in [-0.39, 0.29) is 11.3 Å². The molecule has 3 aromatic rings. The molecule has 2 N–H and O–H groups in total. The first kappa shape index (κ1) is 22.3. The SMILES string of the molecule is CN(C)c1ccc(/C=C(\NC(=O)c2ccccc2Cl)C(=O)N/N=C/c2cccs2)cc1. The molecule has 0 saturated heterocycles. The Labute approximate surface area is 189 Å². The predicted molar refractivity (Wildman–Crippen MR) is 128 cm³/mol. The molecule has 2 amide bonds. The first-order valence-corrected chi connectivity index (χ1v) is 10.6. The van der Waals surface area contributed by atoms with Gasteiger partial charge in [-0.2, -0.15) is 5.10 Å². The summed E-state index contributed by atoms with van der Waals surface area (Å²) in [4.78, 5) is 28.3. The van der Waals surface area contributed by atoms with E-state index in [1.807, 2.05) is 60.8 Å². The zero-order valence-corrected chi connectivity index (χ0v) is 18.6. The monoisotopic (exact) mass is 452 g/mol. The number of halogens is 1. The van der Waals surface area contributed by atoms with E-state index in [1.165, 1.54) is 11.3 Å². The van der Waals surface area contributed by atoms with Crippen molar-refractivity contribution in [3.8, 4) is 0 Å². The average Bonchev–Trinajstić information content (AvgIpc) is 3.27. The Bertz CT molecular complexity index is 1110. The Morgan fingerprint density at radius 2 is 1.77 bits per heavy atom. The minimum atomic E-state index is -0.551. The highest BCUT2D eigenvalue weighted by Gasteiger charge is 2.16. The summed E-state index contributed by atoms with van der Waals surface area (Å²) < 4.78 is 0. The van der Waals surface area contributed by atoms with E-state index in [9.17, 15) is 9.59 Å². The fourth-order valence-corrected chi connectivity index (χ4v) is 3.41. The van der Waals surface area contributed by atoms with Crippen LogP contribution in [0.3, 0.4) is 0 Å². The molecule has 0 unspecified atom stereocenters. The summed E-state index contributed by atoms with van der Waals surface area (Å²) in [5, 5.41) is 8.83. The molecule has 6 nitrogen and oxygen atoms in total. The molecule has 3 rings (SSSR count). The predicted octanol–water partition coefficient (Wildman–Crippen LogP) is 4.39. The number of hydrogen-bond donors (Lipinski definition) is 2. The Hall–Kier alpha value is -3.42. The van der Waals surface area contributed by atoms with Gasteiger partial charge in [0.05, 0.1) is 16.8 Å². The lowest BCUT2D eigenvalue weighted by atomic mass is 10.1. The summed E-state index contributed by atoms with van der Waals surface area (Å²) in [5.74, 6) is -1.04. The van der Waals surface area contributed by atoms with Gasteiger partial charge in [-0.25, -0.2) is 5.43 Å². The fraction of sp³-hybridized carbons (Fsp3) is 0.0870. The van der Waals surface area contributed by atoms with Crippen LogP contribution in [-0.4, -0.2) is 32.1 Å². The number of hydrogen-bond acceptors (Lipinski definition) is 5. The van der Waals surface area contributed by atoms with Crippen LogP contribution < -0.4 is 15.6 Å². The van der Waals surface area contributed by atoms with Gasteiger partial charge < -0.3 is 10.2 Å². The molecule has 0 aliphatic heterocycles. The van der Waals surface area contributed by atoms with Gasteiger partial charge in [-0.3, -0.25) is 9.59 Å². The molecule has 0 aliphatic rings. The van der Waals surface area contributed by atoms with E-state index in [1.54, 1.807) is 36.6 Å². The molecular weight excluding hydrogens is 432 g/mol. The number of nitrogens with one attached hydrogen (secondary N) is 2. The fourth-order valence-electron chi connectivity index (χ4n) is 2.61. The van der Waals surface area contributed by atoms with Crippen LogP contribution in [0.15, 0.2) is 76.8 Å². The third-order valence-corrected chi connectivity index (χ3v) is 5.37. The van der Waals surface area contributed by atoms with Gasteiger partial charge in [-0.1, -0.05) is 41.9 Å². The molecule has 1 aromatic heterocycles. The Morgan fingerprint density at radius 1 is 1.03 bits per heavy atom. The van der Waals surface area contributed by atoms with Gasteiger partial charge in [0.15, 0.2) is 0 Å². The molecule has 2 aromatic carbocycles. The molecule has 31 heavy (non-hydrogen) atoms. The van der Waals surface area contributed by atoms with Crippen LogP contribution in [0.2, 0.25) is 5.02 Å². The minimum Gasteiger partial charge on any atom is -0.378 e. The molecule has 1 heterocycles. The van der Waals surface area contributed by atoms with E-state index >= 15 is 0 Å². The van der Waals surface area contributed by atoms with Crippen LogP contribution in [0.1, 0.15) is 20.8 Å². The Balaban J connectivity index is 1.84. The molecule has 0 atom stereocenters. The van der Waals surface area contributed by atoms with Gasteiger partial charge >= 0.3 is 0 Å². The van der Waals surface area contributed by atoms with Crippen LogP contribution in [0.5, 0.6) is 0 Å². The number of thiophene rings is 1. The topological polar surface area (TPSA) is 73.8 Å². The van der Waals surface area contributed by atoms with Gasteiger partial charge in [-0.05, 0) is 47.4 Å². The molecule has 0 radical (unpaired) electrons. The molecule has 158 valence electrons. The van der Waals surface area contributed by atoms with E-state index in [0.717, 1.165) is 16.1 Å². The summed E-state index contributed by atoms with van der Waals surface area (Å²) in [7, 11) is 3.89. The third kappa shape index (κ3) is 6.28. The summed E-state index contributed by atoms with van der Waals surface area (Å²) in [6.07, 6.45) is 3.13. The highest BCUT2D eigenvalue weighted by Crippen LogP contribution is 2.17.